The number of primary amides is 1. The molecule has 0 spiro atoms. The van der Waals surface area contributed by atoms with Gasteiger partial charge in [0.1, 0.15) is 5.82 Å². The lowest BCUT2D eigenvalue weighted by Crippen LogP contribution is -2.23. The lowest BCUT2D eigenvalue weighted by molar-refractivity contribution is -0.118. The van der Waals surface area contributed by atoms with Crippen LogP contribution >= 0.6 is 23.4 Å². The van der Waals surface area contributed by atoms with Crippen LogP contribution in [0.15, 0.2) is 29.4 Å². The first-order valence-electron chi connectivity index (χ1n) is 7.84. The Balaban J connectivity index is 2.01. The fourth-order valence-corrected chi connectivity index (χ4v) is 3.19. The van der Waals surface area contributed by atoms with Gasteiger partial charge in [0.2, 0.25) is 11.8 Å². The normalized spacial score (nSPS) is 12.0. The Kier molecular flexibility index (Phi) is 6.83. The van der Waals surface area contributed by atoms with Gasteiger partial charge < -0.3 is 15.6 Å². The Morgan fingerprint density at radius 3 is 2.60 bits per heavy atom. The molecule has 0 radical (unpaired) electrons. The molecular weight excluding hydrogens is 362 g/mol. The van der Waals surface area contributed by atoms with Crippen molar-refractivity contribution in [2.75, 3.05) is 5.32 Å². The number of carbonyl (C=O) groups excluding carboxylic acids is 2. The van der Waals surface area contributed by atoms with E-state index in [9.17, 15) is 9.59 Å². The first-order chi connectivity index (χ1) is 11.9. The van der Waals surface area contributed by atoms with Gasteiger partial charge in [-0.15, -0.1) is 10.2 Å². The number of nitrogens with one attached hydrogen (secondary N) is 1. The number of hydrogen-bond acceptors (Lipinski definition) is 5. The zero-order valence-corrected chi connectivity index (χ0v) is 15.6. The van der Waals surface area contributed by atoms with Crippen molar-refractivity contribution >= 4 is 40.9 Å². The second-order valence-electron chi connectivity index (χ2n) is 5.37. The second-order valence-corrected chi connectivity index (χ2v) is 7.11. The van der Waals surface area contributed by atoms with E-state index in [1.807, 2.05) is 11.5 Å². The van der Waals surface area contributed by atoms with Gasteiger partial charge in [-0.2, -0.15) is 0 Å². The first-order valence-corrected chi connectivity index (χ1v) is 9.10. The van der Waals surface area contributed by atoms with Crippen LogP contribution in [0.2, 0.25) is 5.02 Å². The molecule has 2 aromatic rings. The summed E-state index contributed by atoms with van der Waals surface area (Å²) in [7, 11) is 0. The van der Waals surface area contributed by atoms with E-state index in [1.54, 1.807) is 31.2 Å². The molecule has 2 rings (SSSR count). The Morgan fingerprint density at radius 1 is 1.32 bits per heavy atom. The van der Waals surface area contributed by atoms with Gasteiger partial charge in [-0.05, 0) is 38.1 Å². The van der Waals surface area contributed by atoms with Gasteiger partial charge in [0, 0.05) is 30.1 Å². The number of amides is 2. The fraction of sp³-hybridized carbons (Fsp3) is 0.375. The number of nitrogens with two attached hydrogens (primary N) is 1. The highest BCUT2D eigenvalue weighted by Gasteiger charge is 2.20. The quantitative estimate of drug-likeness (QED) is 0.684. The first kappa shape index (κ1) is 19.3. The molecule has 7 nitrogen and oxygen atoms in total. The molecule has 0 unspecified atom stereocenters. The molecule has 1 aromatic carbocycles. The number of anilines is 1. The molecule has 0 aliphatic carbocycles. The summed E-state index contributed by atoms with van der Waals surface area (Å²) < 4.78 is 1.89. The van der Waals surface area contributed by atoms with Gasteiger partial charge in [-0.3, -0.25) is 9.59 Å². The van der Waals surface area contributed by atoms with E-state index in [-0.39, 0.29) is 23.5 Å². The second kappa shape index (κ2) is 8.87. The number of rotatable bonds is 8. The smallest absolute Gasteiger partial charge is 0.237 e. The highest BCUT2D eigenvalue weighted by atomic mass is 35.5. The van der Waals surface area contributed by atoms with E-state index in [0.29, 0.717) is 34.7 Å². The zero-order valence-electron chi connectivity index (χ0n) is 14.0. The molecule has 1 atom stereocenters. The Labute approximate surface area is 155 Å². The van der Waals surface area contributed by atoms with E-state index in [0.717, 1.165) is 0 Å². The lowest BCUT2D eigenvalue weighted by atomic mass is 10.3. The molecule has 0 saturated heterocycles. The van der Waals surface area contributed by atoms with Crippen LogP contribution in [-0.2, 0) is 22.6 Å². The molecule has 0 aliphatic rings. The SMILES string of the molecule is CCn1c(CCC(N)=O)nnc1S[C@H](C)C(=O)Nc1ccc(Cl)cc1. The molecule has 0 aliphatic heterocycles. The number of thioether (sulfide) groups is 1. The summed E-state index contributed by atoms with van der Waals surface area (Å²) in [6, 6.07) is 6.92. The summed E-state index contributed by atoms with van der Waals surface area (Å²) >= 11 is 7.15. The summed E-state index contributed by atoms with van der Waals surface area (Å²) in [6.07, 6.45) is 0.650. The average Bonchev–Trinajstić information content (AvgIpc) is 2.96. The fourth-order valence-electron chi connectivity index (χ4n) is 2.13. The summed E-state index contributed by atoms with van der Waals surface area (Å²) in [5.74, 6) is 0.168. The molecule has 0 bridgehead atoms. The predicted octanol–water partition coefficient (Wildman–Crippen LogP) is 2.49. The predicted molar refractivity (Wildman–Crippen MR) is 98.6 cm³/mol. The molecule has 3 N–H and O–H groups in total. The zero-order chi connectivity index (χ0) is 18.4. The number of aromatic nitrogens is 3. The van der Waals surface area contributed by atoms with E-state index < -0.39 is 0 Å². The van der Waals surface area contributed by atoms with Crippen molar-refractivity contribution in [2.24, 2.45) is 5.73 Å². The van der Waals surface area contributed by atoms with Crippen LogP contribution in [0.5, 0.6) is 0 Å². The van der Waals surface area contributed by atoms with E-state index in [1.165, 1.54) is 11.8 Å². The van der Waals surface area contributed by atoms with Gasteiger partial charge in [0.15, 0.2) is 5.16 Å². The van der Waals surface area contributed by atoms with Gasteiger partial charge in [-0.1, -0.05) is 23.4 Å². The van der Waals surface area contributed by atoms with Crippen molar-refractivity contribution in [3.8, 4) is 0 Å². The maximum absolute atomic E-state index is 12.3. The van der Waals surface area contributed by atoms with Crippen LogP contribution in [0.3, 0.4) is 0 Å². The Morgan fingerprint density at radius 2 is 2.00 bits per heavy atom. The third-order valence-electron chi connectivity index (χ3n) is 3.47. The Hall–Kier alpha value is -2.06. The number of benzene rings is 1. The van der Waals surface area contributed by atoms with Crippen molar-refractivity contribution < 1.29 is 9.59 Å². The maximum atomic E-state index is 12.3. The van der Waals surface area contributed by atoms with Crippen molar-refractivity contribution in [1.29, 1.82) is 0 Å². The number of hydrogen-bond donors (Lipinski definition) is 2. The number of halogens is 1. The molecule has 1 aromatic heterocycles. The van der Waals surface area contributed by atoms with Gasteiger partial charge in [0.25, 0.3) is 0 Å². The van der Waals surface area contributed by atoms with Crippen molar-refractivity contribution in [3.05, 3.63) is 35.1 Å². The Bertz CT molecular complexity index is 747. The highest BCUT2D eigenvalue weighted by Crippen LogP contribution is 2.24. The van der Waals surface area contributed by atoms with Crippen LogP contribution in [0, 0.1) is 0 Å². The minimum atomic E-state index is -0.379. The van der Waals surface area contributed by atoms with Crippen molar-refractivity contribution in [3.63, 3.8) is 0 Å². The molecule has 0 saturated carbocycles. The molecular formula is C16H20ClN5O2S. The summed E-state index contributed by atoms with van der Waals surface area (Å²) in [6.45, 7) is 4.41. The third kappa shape index (κ3) is 5.47. The molecule has 25 heavy (non-hydrogen) atoms. The molecule has 0 fully saturated rings. The maximum Gasteiger partial charge on any atom is 0.237 e. The molecule has 2 amide bonds. The van der Waals surface area contributed by atoms with Crippen molar-refractivity contribution in [1.82, 2.24) is 14.8 Å². The van der Waals surface area contributed by atoms with Crippen LogP contribution < -0.4 is 11.1 Å². The minimum absolute atomic E-state index is 0.142. The molecule has 134 valence electrons. The van der Waals surface area contributed by atoms with Gasteiger partial charge in [0.05, 0.1) is 5.25 Å². The topological polar surface area (TPSA) is 103 Å². The lowest BCUT2D eigenvalue weighted by Gasteiger charge is -2.12. The van der Waals surface area contributed by atoms with E-state index in [2.05, 4.69) is 15.5 Å². The van der Waals surface area contributed by atoms with Gasteiger partial charge >= 0.3 is 0 Å². The molecule has 1 heterocycles. The number of nitrogens with zero attached hydrogens (tertiary/aromatic N) is 3. The van der Waals surface area contributed by atoms with E-state index >= 15 is 0 Å². The number of aryl methyl sites for hydroxylation is 1. The van der Waals surface area contributed by atoms with Crippen LogP contribution in [0.4, 0.5) is 5.69 Å². The standard InChI is InChI=1S/C16H20ClN5O2S/c1-3-22-14(9-8-13(18)23)20-21-16(22)25-10(2)15(24)19-12-6-4-11(17)5-7-12/h4-7,10H,3,8-9H2,1-2H3,(H2,18,23)(H,19,24)/t10-/m1/s1. The number of carbonyl (C=O) groups is 2. The monoisotopic (exact) mass is 381 g/mol. The van der Waals surface area contributed by atoms with Crippen LogP contribution in [0.25, 0.3) is 0 Å². The van der Waals surface area contributed by atoms with Crippen LogP contribution in [-0.4, -0.2) is 31.8 Å². The summed E-state index contributed by atoms with van der Waals surface area (Å²) in [5, 5.41) is 12.0. The third-order valence-corrected chi connectivity index (χ3v) is 4.80. The largest absolute Gasteiger partial charge is 0.370 e. The van der Waals surface area contributed by atoms with Crippen LogP contribution in [0.1, 0.15) is 26.1 Å². The van der Waals surface area contributed by atoms with Gasteiger partial charge in [-0.25, -0.2) is 0 Å². The molecule has 9 heteroatoms. The highest BCUT2D eigenvalue weighted by molar-refractivity contribution is 8.00. The van der Waals surface area contributed by atoms with E-state index in [4.69, 9.17) is 17.3 Å². The van der Waals surface area contributed by atoms with Crippen molar-refractivity contribution in [2.45, 2.75) is 43.6 Å². The minimum Gasteiger partial charge on any atom is -0.370 e. The summed E-state index contributed by atoms with van der Waals surface area (Å²) in [4.78, 5) is 23.3. The summed E-state index contributed by atoms with van der Waals surface area (Å²) in [5.41, 5.74) is 5.86. The average molecular weight is 382 g/mol.